The van der Waals surface area contributed by atoms with Crippen molar-refractivity contribution < 1.29 is 19.1 Å². The Labute approximate surface area is 174 Å². The molecule has 5 nitrogen and oxygen atoms in total. The summed E-state index contributed by atoms with van der Waals surface area (Å²) in [4.78, 5) is 39.9. The number of likely N-dealkylation sites (tertiary alicyclic amines) is 1. The third-order valence-corrected chi connectivity index (χ3v) is 7.08. The number of piperidine rings is 1. The summed E-state index contributed by atoms with van der Waals surface area (Å²) in [6.45, 7) is 5.12. The topological polar surface area (TPSA) is 63.7 Å². The fourth-order valence-electron chi connectivity index (χ4n) is 4.16. The Kier molecular flexibility index (Phi) is 5.30. The normalized spacial score (nSPS) is 17.7. The lowest BCUT2D eigenvalue weighted by Crippen LogP contribution is -2.52. The minimum Gasteiger partial charge on any atom is -0.486 e. The molecule has 1 fully saturated rings. The molecule has 152 valence electrons. The zero-order valence-electron chi connectivity index (χ0n) is 16.8. The molecule has 0 unspecified atom stereocenters. The monoisotopic (exact) mass is 411 g/mol. The number of hydrogen-bond acceptors (Lipinski definition) is 5. The summed E-state index contributed by atoms with van der Waals surface area (Å²) in [5.74, 6) is 0.850. The lowest BCUT2D eigenvalue weighted by Gasteiger charge is -2.44. The third-order valence-electron chi connectivity index (χ3n) is 6.17. The van der Waals surface area contributed by atoms with Crippen molar-refractivity contribution in [3.8, 4) is 5.75 Å². The number of amides is 1. The van der Waals surface area contributed by atoms with E-state index in [2.05, 4.69) is 0 Å². The molecule has 0 atom stereocenters. The van der Waals surface area contributed by atoms with Crippen LogP contribution in [0.2, 0.25) is 0 Å². The van der Waals surface area contributed by atoms with E-state index >= 15 is 0 Å². The van der Waals surface area contributed by atoms with Gasteiger partial charge in [-0.05, 0) is 42.5 Å². The molecule has 2 aliphatic heterocycles. The molecule has 1 aromatic carbocycles. The van der Waals surface area contributed by atoms with Crippen LogP contribution in [-0.4, -0.2) is 41.1 Å². The summed E-state index contributed by atoms with van der Waals surface area (Å²) >= 11 is 1.41. The largest absolute Gasteiger partial charge is 0.486 e. The minimum absolute atomic E-state index is 0.000632. The fourth-order valence-corrected chi connectivity index (χ4v) is 4.86. The van der Waals surface area contributed by atoms with Gasteiger partial charge < -0.3 is 9.64 Å². The third kappa shape index (κ3) is 3.86. The van der Waals surface area contributed by atoms with Crippen molar-refractivity contribution in [1.29, 1.82) is 0 Å². The molecule has 4 rings (SSSR count). The maximum absolute atomic E-state index is 12.7. The molecule has 0 saturated carbocycles. The number of carbonyl (C=O) groups is 3. The van der Waals surface area contributed by atoms with Gasteiger partial charge in [0.25, 0.3) is 0 Å². The predicted octanol–water partition coefficient (Wildman–Crippen LogP) is 4.35. The first-order valence-corrected chi connectivity index (χ1v) is 10.9. The van der Waals surface area contributed by atoms with Crippen molar-refractivity contribution in [1.82, 2.24) is 4.90 Å². The maximum atomic E-state index is 12.7. The summed E-state index contributed by atoms with van der Waals surface area (Å²) in [6.07, 6.45) is 2.10. The Bertz CT molecular complexity index is 956. The van der Waals surface area contributed by atoms with Crippen LogP contribution in [0.1, 0.15) is 63.3 Å². The number of fused-ring (bicyclic) bond motifs is 1. The molecular formula is C23H25NO4S. The van der Waals surface area contributed by atoms with Crippen LogP contribution in [0.25, 0.3) is 0 Å². The van der Waals surface area contributed by atoms with Gasteiger partial charge in [0.1, 0.15) is 11.4 Å². The Morgan fingerprint density at radius 2 is 1.90 bits per heavy atom. The summed E-state index contributed by atoms with van der Waals surface area (Å²) in [5.41, 5.74) is 2.27. The quantitative estimate of drug-likeness (QED) is 0.702. The first kappa shape index (κ1) is 19.8. The van der Waals surface area contributed by atoms with E-state index in [-0.39, 0.29) is 30.3 Å². The van der Waals surface area contributed by atoms with Crippen molar-refractivity contribution in [2.24, 2.45) is 0 Å². The molecule has 2 aromatic rings. The number of ketones is 2. The first-order valence-electron chi connectivity index (χ1n) is 10.1. The van der Waals surface area contributed by atoms with Crippen LogP contribution in [-0.2, 0) is 4.79 Å². The van der Waals surface area contributed by atoms with E-state index in [0.717, 1.165) is 11.1 Å². The van der Waals surface area contributed by atoms with E-state index in [1.165, 1.54) is 11.3 Å². The zero-order valence-corrected chi connectivity index (χ0v) is 17.6. The number of Topliss-reactive ketones (excluding diaryl/α,β-unsaturated/α-hetero) is 2. The summed E-state index contributed by atoms with van der Waals surface area (Å²) in [5, 5.41) is 1.87. The summed E-state index contributed by atoms with van der Waals surface area (Å²) < 4.78 is 6.41. The van der Waals surface area contributed by atoms with Gasteiger partial charge in [0.2, 0.25) is 5.91 Å². The number of hydrogen-bond donors (Lipinski definition) is 0. The molecular weight excluding hydrogens is 386 g/mol. The van der Waals surface area contributed by atoms with Crippen molar-refractivity contribution in [3.05, 3.63) is 51.2 Å². The van der Waals surface area contributed by atoms with Crippen LogP contribution >= 0.6 is 11.3 Å². The van der Waals surface area contributed by atoms with Crippen LogP contribution in [0.5, 0.6) is 5.75 Å². The van der Waals surface area contributed by atoms with Crippen molar-refractivity contribution >= 4 is 28.8 Å². The van der Waals surface area contributed by atoms with Gasteiger partial charge in [-0.25, -0.2) is 0 Å². The number of rotatable bonds is 4. The first-order chi connectivity index (χ1) is 13.9. The standard InChI is InChI=1S/C23H25NO4S/c1-15-5-6-17-19(26)14-23(28-22(17)16(15)2)9-11-24(12-10-23)21(27)8-7-18(25)20-4-3-13-29-20/h3-6,13H,7-12,14H2,1-2H3. The second-order valence-electron chi connectivity index (χ2n) is 8.05. The Morgan fingerprint density at radius 3 is 2.59 bits per heavy atom. The molecule has 0 radical (unpaired) electrons. The second kappa shape index (κ2) is 7.75. The van der Waals surface area contributed by atoms with E-state index in [1.807, 2.05) is 37.4 Å². The van der Waals surface area contributed by atoms with Crippen LogP contribution < -0.4 is 4.74 Å². The van der Waals surface area contributed by atoms with Gasteiger partial charge in [-0.15, -0.1) is 11.3 Å². The van der Waals surface area contributed by atoms with E-state index in [9.17, 15) is 14.4 Å². The van der Waals surface area contributed by atoms with Crippen LogP contribution in [0, 0.1) is 13.8 Å². The van der Waals surface area contributed by atoms with Crippen molar-refractivity contribution in [3.63, 3.8) is 0 Å². The molecule has 1 amide bonds. The van der Waals surface area contributed by atoms with Crippen LogP contribution in [0.3, 0.4) is 0 Å². The lowest BCUT2D eigenvalue weighted by molar-refractivity contribution is -0.134. The highest BCUT2D eigenvalue weighted by molar-refractivity contribution is 7.12. The number of ether oxygens (including phenoxy) is 1. The van der Waals surface area contributed by atoms with Gasteiger partial charge >= 0.3 is 0 Å². The Morgan fingerprint density at radius 1 is 1.14 bits per heavy atom. The number of carbonyl (C=O) groups excluding carboxylic acids is 3. The minimum atomic E-state index is -0.522. The van der Waals surface area contributed by atoms with Gasteiger partial charge in [-0.1, -0.05) is 12.1 Å². The molecule has 2 aliphatic rings. The molecule has 0 aliphatic carbocycles. The lowest BCUT2D eigenvalue weighted by atomic mass is 9.81. The van der Waals surface area contributed by atoms with E-state index in [1.54, 1.807) is 11.0 Å². The highest BCUT2D eigenvalue weighted by atomic mass is 32.1. The van der Waals surface area contributed by atoms with E-state index in [0.29, 0.717) is 48.5 Å². The average molecular weight is 412 g/mol. The van der Waals surface area contributed by atoms with Gasteiger partial charge in [-0.2, -0.15) is 0 Å². The highest BCUT2D eigenvalue weighted by Gasteiger charge is 2.44. The summed E-state index contributed by atoms with van der Waals surface area (Å²) in [7, 11) is 0. The number of aryl methyl sites for hydroxylation is 1. The van der Waals surface area contributed by atoms with Crippen molar-refractivity contribution in [2.45, 2.75) is 51.6 Å². The van der Waals surface area contributed by atoms with Crippen LogP contribution in [0.4, 0.5) is 0 Å². The van der Waals surface area contributed by atoms with Gasteiger partial charge in [-0.3, -0.25) is 14.4 Å². The Hall–Kier alpha value is -2.47. The van der Waals surface area contributed by atoms with Gasteiger partial charge in [0.05, 0.1) is 16.9 Å². The molecule has 29 heavy (non-hydrogen) atoms. The SMILES string of the molecule is Cc1ccc2c(c1C)OC1(CCN(C(=O)CCC(=O)c3cccs3)CC1)CC2=O. The van der Waals surface area contributed by atoms with E-state index in [4.69, 9.17) is 4.74 Å². The molecule has 3 heterocycles. The predicted molar refractivity (Wildman–Crippen MR) is 112 cm³/mol. The highest BCUT2D eigenvalue weighted by Crippen LogP contribution is 2.41. The molecule has 1 saturated heterocycles. The molecule has 0 N–H and O–H groups in total. The second-order valence-corrected chi connectivity index (χ2v) is 9.00. The maximum Gasteiger partial charge on any atom is 0.223 e. The molecule has 6 heteroatoms. The summed E-state index contributed by atoms with van der Waals surface area (Å²) in [6, 6.07) is 7.46. The molecule has 1 aromatic heterocycles. The zero-order chi connectivity index (χ0) is 20.6. The van der Waals surface area contributed by atoms with E-state index < -0.39 is 5.60 Å². The van der Waals surface area contributed by atoms with Crippen molar-refractivity contribution in [2.75, 3.05) is 13.1 Å². The number of nitrogens with zero attached hydrogens (tertiary/aromatic N) is 1. The number of benzene rings is 1. The van der Waals surface area contributed by atoms with Crippen LogP contribution in [0.15, 0.2) is 29.6 Å². The Balaban J connectivity index is 1.37. The van der Waals surface area contributed by atoms with Gasteiger partial charge in [0.15, 0.2) is 11.6 Å². The molecule has 0 bridgehead atoms. The smallest absolute Gasteiger partial charge is 0.223 e. The van der Waals surface area contributed by atoms with Gasteiger partial charge in [0, 0.05) is 38.8 Å². The molecule has 1 spiro atoms. The average Bonchev–Trinajstić information content (AvgIpc) is 3.25. The number of thiophene rings is 1. The fraction of sp³-hybridized carbons (Fsp3) is 0.435.